The molecular formula is C29H29F2N5. The van der Waals surface area contributed by atoms with Gasteiger partial charge in [-0.05, 0) is 68.1 Å². The molecule has 5 nitrogen and oxygen atoms in total. The van der Waals surface area contributed by atoms with Crippen LogP contribution in [-0.2, 0) is 6.42 Å². The monoisotopic (exact) mass is 485 g/mol. The number of nitrogens with zero attached hydrogens (tertiary/aromatic N) is 3. The van der Waals surface area contributed by atoms with E-state index in [1.165, 1.54) is 12.1 Å². The maximum Gasteiger partial charge on any atom is 0.178 e. The number of aromatic nitrogens is 3. The number of nitrogens with two attached hydrogens (primary N) is 1. The number of aromatic amines is 1. The van der Waals surface area contributed by atoms with E-state index in [4.69, 9.17) is 5.73 Å². The average Bonchev–Trinajstić information content (AvgIpc) is 3.27. The molecule has 0 saturated carbocycles. The number of nitrogen functional groups attached to an aromatic ring is 1. The Morgan fingerprint density at radius 3 is 2.67 bits per heavy atom. The molecule has 2 aromatic carbocycles. The molecule has 184 valence electrons. The van der Waals surface area contributed by atoms with E-state index in [2.05, 4.69) is 21.5 Å². The summed E-state index contributed by atoms with van der Waals surface area (Å²) >= 11 is 0. The fraction of sp³-hybridized carbons (Fsp3) is 0.172. The molecule has 0 bridgehead atoms. The first kappa shape index (κ1) is 25.0. The number of nitrogens with one attached hydrogen (secondary N) is 1. The maximum absolute atomic E-state index is 15.8. The Morgan fingerprint density at radius 1 is 1.17 bits per heavy atom. The minimum absolute atomic E-state index is 0.150. The van der Waals surface area contributed by atoms with Crippen LogP contribution in [0.4, 0.5) is 14.5 Å². The third-order valence-corrected chi connectivity index (χ3v) is 5.92. The molecule has 4 aromatic rings. The highest BCUT2D eigenvalue weighted by molar-refractivity contribution is 5.89. The first-order valence-corrected chi connectivity index (χ1v) is 11.6. The van der Waals surface area contributed by atoms with Crippen LogP contribution in [0.5, 0.6) is 0 Å². The first-order valence-electron chi connectivity index (χ1n) is 11.6. The Morgan fingerprint density at radius 2 is 1.97 bits per heavy atom. The second-order valence-corrected chi connectivity index (χ2v) is 8.83. The molecule has 0 fully saturated rings. The normalized spacial score (nSPS) is 12.5. The van der Waals surface area contributed by atoms with Gasteiger partial charge in [0.05, 0.1) is 5.52 Å². The first-order chi connectivity index (χ1) is 17.3. The van der Waals surface area contributed by atoms with Crippen LogP contribution in [0.2, 0.25) is 0 Å². The number of hydrogen-bond acceptors (Lipinski definition) is 4. The van der Waals surface area contributed by atoms with E-state index in [1.807, 2.05) is 44.1 Å². The molecule has 3 N–H and O–H groups in total. The summed E-state index contributed by atoms with van der Waals surface area (Å²) < 4.78 is 29.6. The number of fused-ring (bicyclic) bond motifs is 1. The Hall–Kier alpha value is -4.10. The van der Waals surface area contributed by atoms with Crippen LogP contribution < -0.4 is 5.73 Å². The zero-order valence-corrected chi connectivity index (χ0v) is 20.6. The zero-order valence-electron chi connectivity index (χ0n) is 20.6. The van der Waals surface area contributed by atoms with Gasteiger partial charge in [-0.1, -0.05) is 36.9 Å². The Balaban J connectivity index is 1.73. The number of anilines is 1. The summed E-state index contributed by atoms with van der Waals surface area (Å²) in [5.74, 6) is -0.213. The van der Waals surface area contributed by atoms with Gasteiger partial charge in [0, 0.05) is 41.5 Å². The minimum Gasteiger partial charge on any atom is -0.398 e. The number of benzene rings is 2. The Bertz CT molecular complexity index is 1480. The van der Waals surface area contributed by atoms with Gasteiger partial charge in [-0.3, -0.25) is 0 Å². The smallest absolute Gasteiger partial charge is 0.178 e. The lowest BCUT2D eigenvalue weighted by molar-refractivity contribution is 0.449. The molecule has 0 unspecified atom stereocenters. The third-order valence-electron chi connectivity index (χ3n) is 5.92. The average molecular weight is 486 g/mol. The number of allylic oxidation sites excluding steroid dienone is 3. The minimum atomic E-state index is -0.397. The van der Waals surface area contributed by atoms with E-state index in [0.29, 0.717) is 45.9 Å². The van der Waals surface area contributed by atoms with Crippen LogP contribution in [0, 0.1) is 11.6 Å². The molecule has 36 heavy (non-hydrogen) atoms. The van der Waals surface area contributed by atoms with Crippen LogP contribution in [0.3, 0.4) is 0 Å². The zero-order chi connectivity index (χ0) is 25.8. The Kier molecular flexibility index (Phi) is 7.41. The second-order valence-electron chi connectivity index (χ2n) is 8.83. The van der Waals surface area contributed by atoms with Crippen molar-refractivity contribution in [1.82, 2.24) is 19.9 Å². The predicted molar refractivity (Wildman–Crippen MR) is 143 cm³/mol. The predicted octanol–water partition coefficient (Wildman–Crippen LogP) is 6.15. The summed E-state index contributed by atoms with van der Waals surface area (Å²) in [5.41, 5.74) is 11.7. The number of pyridine rings is 1. The van der Waals surface area contributed by atoms with Crippen molar-refractivity contribution in [3.05, 3.63) is 108 Å². The van der Waals surface area contributed by atoms with Crippen LogP contribution in [0.15, 0.2) is 79.0 Å². The molecular weight excluding hydrogens is 456 g/mol. The van der Waals surface area contributed by atoms with Crippen LogP contribution in [-0.4, -0.2) is 40.5 Å². The van der Waals surface area contributed by atoms with Crippen molar-refractivity contribution in [3.8, 4) is 11.1 Å². The molecule has 0 aliphatic rings. The molecule has 0 spiro atoms. The molecule has 0 aliphatic heterocycles. The molecule has 0 saturated heterocycles. The van der Waals surface area contributed by atoms with Crippen LogP contribution in [0.1, 0.15) is 23.9 Å². The quantitative estimate of drug-likeness (QED) is 0.232. The van der Waals surface area contributed by atoms with Gasteiger partial charge < -0.3 is 15.6 Å². The Labute approximate surface area is 209 Å². The summed E-state index contributed by atoms with van der Waals surface area (Å²) in [5, 5.41) is 0. The molecule has 0 radical (unpaired) electrons. The standard InChI is InChI=1S/C29H29F2N5/c1-5-18(17-36(3)4)14-19(6-2)22-10-11-25(32)24(27(22)31)16-26-34-28-23(12-13-33-29(28)35-26)20-8-7-9-21(30)15-20/h5-15H,1,16-17,32H2,2-4H3,(H,33,34,35)/b18-14+,19-6+. The highest BCUT2D eigenvalue weighted by Gasteiger charge is 2.18. The number of hydrogen-bond donors (Lipinski definition) is 2. The lowest BCUT2D eigenvalue weighted by atomic mass is 9.97. The van der Waals surface area contributed by atoms with Crippen LogP contribution >= 0.6 is 0 Å². The fourth-order valence-electron chi connectivity index (χ4n) is 4.20. The van der Waals surface area contributed by atoms with Gasteiger partial charge >= 0.3 is 0 Å². The third kappa shape index (κ3) is 5.26. The van der Waals surface area contributed by atoms with E-state index in [9.17, 15) is 4.39 Å². The lowest BCUT2D eigenvalue weighted by Gasteiger charge is -2.14. The maximum atomic E-state index is 15.8. The van der Waals surface area contributed by atoms with Crippen molar-refractivity contribution in [1.29, 1.82) is 0 Å². The van der Waals surface area contributed by atoms with Gasteiger partial charge in [0.2, 0.25) is 0 Å². The van der Waals surface area contributed by atoms with Crippen molar-refractivity contribution in [2.45, 2.75) is 13.3 Å². The molecule has 7 heteroatoms. The fourth-order valence-corrected chi connectivity index (χ4v) is 4.20. The second kappa shape index (κ2) is 10.7. The van der Waals surface area contributed by atoms with Gasteiger partial charge in [-0.2, -0.15) is 0 Å². The summed E-state index contributed by atoms with van der Waals surface area (Å²) in [7, 11) is 3.94. The van der Waals surface area contributed by atoms with Crippen molar-refractivity contribution in [3.63, 3.8) is 0 Å². The van der Waals surface area contributed by atoms with Crippen molar-refractivity contribution >= 4 is 22.4 Å². The summed E-state index contributed by atoms with van der Waals surface area (Å²) in [6.45, 7) is 6.44. The molecule has 2 heterocycles. The lowest BCUT2D eigenvalue weighted by Crippen LogP contribution is -2.14. The number of halogens is 2. The van der Waals surface area contributed by atoms with Gasteiger partial charge in [-0.15, -0.1) is 0 Å². The van der Waals surface area contributed by atoms with Gasteiger partial charge in [-0.25, -0.2) is 18.7 Å². The van der Waals surface area contributed by atoms with Crippen molar-refractivity contribution < 1.29 is 8.78 Å². The topological polar surface area (TPSA) is 70.8 Å². The molecule has 4 rings (SSSR count). The summed E-state index contributed by atoms with van der Waals surface area (Å²) in [6.07, 6.45) is 7.35. The molecule has 2 aromatic heterocycles. The highest BCUT2D eigenvalue weighted by Crippen LogP contribution is 2.30. The van der Waals surface area contributed by atoms with E-state index < -0.39 is 5.82 Å². The number of likely N-dealkylation sites (N-methyl/N-ethyl adjacent to an activating group) is 1. The largest absolute Gasteiger partial charge is 0.398 e. The highest BCUT2D eigenvalue weighted by atomic mass is 19.1. The summed E-state index contributed by atoms with van der Waals surface area (Å²) in [4.78, 5) is 14.2. The van der Waals surface area contributed by atoms with E-state index in [1.54, 1.807) is 36.5 Å². The van der Waals surface area contributed by atoms with E-state index >= 15 is 4.39 Å². The number of rotatable bonds is 8. The van der Waals surface area contributed by atoms with Crippen molar-refractivity contribution in [2.24, 2.45) is 0 Å². The van der Waals surface area contributed by atoms with Gasteiger partial charge in [0.1, 0.15) is 17.5 Å². The van der Waals surface area contributed by atoms with Gasteiger partial charge in [0.15, 0.2) is 5.65 Å². The van der Waals surface area contributed by atoms with Crippen LogP contribution in [0.25, 0.3) is 27.9 Å². The SMILES string of the molecule is C=C/C(=C\C(=C/C)c1ccc(N)c(Cc2nc3nccc(-c4cccc(F)c4)c3[nH]2)c1F)CN(C)C. The number of imidazole rings is 1. The molecule has 0 aliphatic carbocycles. The molecule has 0 amide bonds. The summed E-state index contributed by atoms with van der Waals surface area (Å²) in [6, 6.07) is 11.5. The van der Waals surface area contributed by atoms with E-state index in [-0.39, 0.29) is 12.2 Å². The van der Waals surface area contributed by atoms with E-state index in [0.717, 1.165) is 16.7 Å². The van der Waals surface area contributed by atoms with Gasteiger partial charge in [0.25, 0.3) is 0 Å². The van der Waals surface area contributed by atoms with Crippen molar-refractivity contribution in [2.75, 3.05) is 26.4 Å². The molecule has 0 atom stereocenters. The number of H-pyrrole nitrogens is 1.